The van der Waals surface area contributed by atoms with Crippen molar-refractivity contribution in [1.29, 1.82) is 0 Å². The largest absolute Gasteiger partial charge is 0.370 e. The second-order valence-electron chi connectivity index (χ2n) is 4.43. The van der Waals surface area contributed by atoms with E-state index in [-0.39, 0.29) is 23.5 Å². The molecule has 0 radical (unpaired) electrons. The minimum absolute atomic E-state index is 0.00721. The van der Waals surface area contributed by atoms with E-state index in [1.54, 1.807) is 19.1 Å². The molecular formula is C13H18N2O4S. The van der Waals surface area contributed by atoms with E-state index >= 15 is 0 Å². The number of carbonyl (C=O) groups excluding carboxylic acids is 2. The molecule has 1 aromatic rings. The zero-order valence-corrected chi connectivity index (χ0v) is 12.0. The van der Waals surface area contributed by atoms with Crippen molar-refractivity contribution in [1.82, 2.24) is 0 Å². The van der Waals surface area contributed by atoms with Gasteiger partial charge in [-0.2, -0.15) is 0 Å². The average molecular weight is 298 g/mol. The van der Waals surface area contributed by atoms with Crippen molar-refractivity contribution in [2.75, 3.05) is 5.75 Å². The lowest BCUT2D eigenvalue weighted by atomic mass is 9.93. The van der Waals surface area contributed by atoms with E-state index < -0.39 is 27.6 Å². The van der Waals surface area contributed by atoms with E-state index in [4.69, 9.17) is 11.5 Å². The third kappa shape index (κ3) is 4.06. The summed E-state index contributed by atoms with van der Waals surface area (Å²) in [7, 11) is -3.28. The van der Waals surface area contributed by atoms with Crippen LogP contribution in [0.2, 0.25) is 0 Å². The molecule has 0 spiro atoms. The van der Waals surface area contributed by atoms with E-state index in [1.165, 1.54) is 12.1 Å². The predicted molar refractivity (Wildman–Crippen MR) is 74.5 cm³/mol. The number of nitrogens with two attached hydrogens (primary N) is 2. The van der Waals surface area contributed by atoms with Crippen LogP contribution in [0.5, 0.6) is 0 Å². The van der Waals surface area contributed by atoms with Crippen LogP contribution in [-0.4, -0.2) is 26.0 Å². The molecule has 0 aromatic heterocycles. The monoisotopic (exact) mass is 298 g/mol. The molecule has 2 amide bonds. The average Bonchev–Trinajstić information content (AvgIpc) is 2.38. The molecule has 0 heterocycles. The summed E-state index contributed by atoms with van der Waals surface area (Å²) in [6.45, 7) is 1.56. The van der Waals surface area contributed by atoms with Crippen LogP contribution in [0.3, 0.4) is 0 Å². The Morgan fingerprint density at radius 3 is 2.10 bits per heavy atom. The van der Waals surface area contributed by atoms with Gasteiger partial charge in [-0.3, -0.25) is 9.59 Å². The zero-order valence-electron chi connectivity index (χ0n) is 11.2. The van der Waals surface area contributed by atoms with Gasteiger partial charge in [0.05, 0.1) is 16.6 Å². The number of sulfone groups is 1. The minimum Gasteiger partial charge on any atom is -0.370 e. The number of amides is 2. The second-order valence-corrected chi connectivity index (χ2v) is 6.71. The zero-order chi connectivity index (χ0) is 15.3. The molecule has 110 valence electrons. The summed E-state index contributed by atoms with van der Waals surface area (Å²) >= 11 is 0. The van der Waals surface area contributed by atoms with Gasteiger partial charge in [-0.05, 0) is 24.1 Å². The maximum atomic E-state index is 11.7. The second kappa shape index (κ2) is 6.51. The van der Waals surface area contributed by atoms with Gasteiger partial charge in [0.1, 0.15) is 0 Å². The van der Waals surface area contributed by atoms with Crippen molar-refractivity contribution in [3.05, 3.63) is 29.8 Å². The molecule has 4 N–H and O–H groups in total. The van der Waals surface area contributed by atoms with Gasteiger partial charge in [-0.1, -0.05) is 19.1 Å². The van der Waals surface area contributed by atoms with Gasteiger partial charge < -0.3 is 11.5 Å². The van der Waals surface area contributed by atoms with Crippen LogP contribution in [-0.2, 0) is 19.4 Å². The van der Waals surface area contributed by atoms with Crippen LogP contribution in [0.15, 0.2) is 29.2 Å². The van der Waals surface area contributed by atoms with Crippen molar-refractivity contribution in [2.24, 2.45) is 11.5 Å². The first-order chi connectivity index (χ1) is 9.27. The SMILES string of the molecule is CCS(=O)(=O)c1ccc(C(CCC(N)=O)C(N)=O)cc1. The van der Waals surface area contributed by atoms with Gasteiger partial charge >= 0.3 is 0 Å². The lowest BCUT2D eigenvalue weighted by Gasteiger charge is -2.13. The Kier molecular flexibility index (Phi) is 5.26. The van der Waals surface area contributed by atoms with Crippen LogP contribution in [0.1, 0.15) is 31.2 Å². The molecule has 0 saturated heterocycles. The Morgan fingerprint density at radius 2 is 1.70 bits per heavy atom. The fourth-order valence-electron chi connectivity index (χ4n) is 1.83. The quantitative estimate of drug-likeness (QED) is 0.752. The van der Waals surface area contributed by atoms with Gasteiger partial charge in [-0.25, -0.2) is 8.42 Å². The van der Waals surface area contributed by atoms with E-state index in [0.29, 0.717) is 5.56 Å². The van der Waals surface area contributed by atoms with Crippen molar-refractivity contribution in [3.8, 4) is 0 Å². The minimum atomic E-state index is -3.28. The lowest BCUT2D eigenvalue weighted by Crippen LogP contribution is -2.23. The molecule has 1 unspecified atom stereocenters. The fourth-order valence-corrected chi connectivity index (χ4v) is 2.72. The van der Waals surface area contributed by atoms with E-state index in [2.05, 4.69) is 0 Å². The normalized spacial score (nSPS) is 12.8. The summed E-state index contributed by atoms with van der Waals surface area (Å²) in [4.78, 5) is 22.4. The van der Waals surface area contributed by atoms with E-state index in [1.807, 2.05) is 0 Å². The van der Waals surface area contributed by atoms with Crippen molar-refractivity contribution < 1.29 is 18.0 Å². The smallest absolute Gasteiger partial charge is 0.224 e. The lowest BCUT2D eigenvalue weighted by molar-refractivity contribution is -0.120. The van der Waals surface area contributed by atoms with Crippen molar-refractivity contribution in [2.45, 2.75) is 30.6 Å². The Morgan fingerprint density at radius 1 is 1.15 bits per heavy atom. The summed E-state index contributed by atoms with van der Waals surface area (Å²) in [6, 6.07) is 5.96. The number of hydrogen-bond acceptors (Lipinski definition) is 4. The number of benzene rings is 1. The van der Waals surface area contributed by atoms with Gasteiger partial charge in [-0.15, -0.1) is 0 Å². The highest BCUT2D eigenvalue weighted by Gasteiger charge is 2.19. The highest BCUT2D eigenvalue weighted by molar-refractivity contribution is 7.91. The number of carbonyl (C=O) groups is 2. The van der Waals surface area contributed by atoms with Crippen LogP contribution >= 0.6 is 0 Å². The molecule has 1 atom stereocenters. The van der Waals surface area contributed by atoms with Gasteiger partial charge in [0.15, 0.2) is 9.84 Å². The summed E-state index contributed by atoms with van der Waals surface area (Å²) in [5, 5.41) is 0. The van der Waals surface area contributed by atoms with E-state index in [0.717, 1.165) is 0 Å². The van der Waals surface area contributed by atoms with Crippen LogP contribution < -0.4 is 11.5 Å². The maximum absolute atomic E-state index is 11.7. The summed E-state index contributed by atoms with van der Waals surface area (Å²) in [6.07, 6.45) is 0.257. The summed E-state index contributed by atoms with van der Waals surface area (Å²) < 4.78 is 23.4. The standard InChI is InChI=1S/C13H18N2O4S/c1-2-20(18,19)10-5-3-9(4-6-10)11(13(15)17)7-8-12(14)16/h3-6,11H,2,7-8H2,1H3,(H2,14,16)(H2,15,17). The van der Waals surface area contributed by atoms with E-state index in [9.17, 15) is 18.0 Å². The third-order valence-corrected chi connectivity index (χ3v) is 4.79. The highest BCUT2D eigenvalue weighted by Crippen LogP contribution is 2.23. The molecule has 6 nitrogen and oxygen atoms in total. The van der Waals surface area contributed by atoms with Crippen molar-refractivity contribution >= 4 is 21.7 Å². The fraction of sp³-hybridized carbons (Fsp3) is 0.385. The van der Waals surface area contributed by atoms with Gasteiger partial charge in [0.2, 0.25) is 11.8 Å². The number of rotatable bonds is 7. The molecule has 7 heteroatoms. The van der Waals surface area contributed by atoms with Crippen molar-refractivity contribution in [3.63, 3.8) is 0 Å². The number of hydrogen-bond donors (Lipinski definition) is 2. The Labute approximate surface area is 118 Å². The van der Waals surface area contributed by atoms with Crippen LogP contribution in [0, 0.1) is 0 Å². The molecule has 0 saturated carbocycles. The summed E-state index contributed by atoms with van der Waals surface area (Å²) in [5.41, 5.74) is 10.9. The molecule has 0 aliphatic rings. The first-order valence-corrected chi connectivity index (χ1v) is 7.83. The molecular weight excluding hydrogens is 280 g/mol. The predicted octanol–water partition coefficient (Wildman–Crippen LogP) is 0.315. The van der Waals surface area contributed by atoms with Gasteiger partial charge in [0.25, 0.3) is 0 Å². The molecule has 0 aliphatic heterocycles. The molecule has 20 heavy (non-hydrogen) atoms. The molecule has 0 fully saturated rings. The first-order valence-electron chi connectivity index (χ1n) is 6.18. The molecule has 0 aliphatic carbocycles. The Bertz CT molecular complexity index is 593. The Hall–Kier alpha value is -1.89. The van der Waals surface area contributed by atoms with Crippen LogP contribution in [0.4, 0.5) is 0 Å². The molecule has 0 bridgehead atoms. The number of primary amides is 2. The van der Waals surface area contributed by atoms with Gasteiger partial charge in [0, 0.05) is 6.42 Å². The third-order valence-electron chi connectivity index (χ3n) is 3.04. The maximum Gasteiger partial charge on any atom is 0.224 e. The Balaban J connectivity index is 3.00. The molecule has 1 aromatic carbocycles. The molecule has 1 rings (SSSR count). The highest BCUT2D eigenvalue weighted by atomic mass is 32.2. The van der Waals surface area contributed by atoms with Crippen LogP contribution in [0.25, 0.3) is 0 Å². The first kappa shape index (κ1) is 16.2. The topological polar surface area (TPSA) is 120 Å². The summed E-state index contributed by atoms with van der Waals surface area (Å²) in [5.74, 6) is -1.73.